The number of nitrogens with one attached hydrogen (secondary N) is 2. The molecule has 0 bridgehead atoms. The molecule has 2 aromatic carbocycles. The number of anilines is 1. The van der Waals surface area contributed by atoms with E-state index < -0.39 is 6.10 Å². The number of hydrogen-bond donors (Lipinski definition) is 3. The van der Waals surface area contributed by atoms with Gasteiger partial charge in [-0.3, -0.25) is 0 Å². The van der Waals surface area contributed by atoms with E-state index in [1.54, 1.807) is 0 Å². The second-order valence-corrected chi connectivity index (χ2v) is 8.19. The lowest BCUT2D eigenvalue weighted by molar-refractivity contribution is 0.0865. The molecule has 3 N–H and O–H groups in total. The fourth-order valence-electron chi connectivity index (χ4n) is 4.66. The van der Waals surface area contributed by atoms with Crippen LogP contribution in [-0.2, 0) is 6.42 Å². The number of fused-ring (bicyclic) bond motifs is 2. The molecule has 0 radical (unpaired) electrons. The van der Waals surface area contributed by atoms with Gasteiger partial charge < -0.3 is 15.4 Å². The average Bonchev–Trinajstić information content (AvgIpc) is 3.09. The van der Waals surface area contributed by atoms with Crippen molar-refractivity contribution < 1.29 is 5.11 Å². The first kappa shape index (κ1) is 17.2. The number of H-pyrrole nitrogens is 1. The molecule has 3 heteroatoms. The summed E-state index contributed by atoms with van der Waals surface area (Å²) in [6, 6.07) is 10.9. The van der Waals surface area contributed by atoms with Crippen molar-refractivity contribution in [3.05, 3.63) is 53.2 Å². The summed E-state index contributed by atoms with van der Waals surface area (Å²) in [4.78, 5) is 3.41. The number of aliphatic hydroxyl groups excluding tert-OH is 1. The molecular formula is C23H28N2O. The molecule has 0 saturated carbocycles. The van der Waals surface area contributed by atoms with Crippen LogP contribution >= 0.6 is 0 Å². The van der Waals surface area contributed by atoms with E-state index in [9.17, 15) is 5.11 Å². The standard InChI is InChI=1S/C23H28N2O/c1-6-16-18(17-9-7-8-15-10-11-24-21(15)17)12-13(2)20-19(16)14(3)22(26)23(4,5)25-20/h7-12,14,22,24-26H,6H2,1-5H3/t14-,22+/m0/s1. The molecule has 4 rings (SSSR count). The van der Waals surface area contributed by atoms with Crippen LogP contribution in [0.4, 0.5) is 5.69 Å². The van der Waals surface area contributed by atoms with E-state index in [0.29, 0.717) is 0 Å². The molecule has 0 aliphatic carbocycles. The molecule has 1 aromatic heterocycles. The van der Waals surface area contributed by atoms with Crippen LogP contribution in [-0.4, -0.2) is 21.7 Å². The van der Waals surface area contributed by atoms with Gasteiger partial charge in [0.1, 0.15) is 0 Å². The highest BCUT2D eigenvalue weighted by molar-refractivity contribution is 5.96. The van der Waals surface area contributed by atoms with Gasteiger partial charge in [-0.05, 0) is 67.0 Å². The van der Waals surface area contributed by atoms with E-state index in [1.165, 1.54) is 44.4 Å². The first-order valence-corrected chi connectivity index (χ1v) is 9.54. The number of aryl methyl sites for hydroxylation is 1. The third-order valence-corrected chi connectivity index (χ3v) is 6.02. The van der Waals surface area contributed by atoms with E-state index >= 15 is 0 Å². The maximum absolute atomic E-state index is 10.9. The second kappa shape index (κ2) is 5.88. The summed E-state index contributed by atoms with van der Waals surface area (Å²) in [6.45, 7) is 10.7. The summed E-state index contributed by atoms with van der Waals surface area (Å²) in [5, 5.41) is 15.7. The van der Waals surface area contributed by atoms with Gasteiger partial charge in [0.2, 0.25) is 0 Å². The third-order valence-electron chi connectivity index (χ3n) is 6.02. The van der Waals surface area contributed by atoms with Crippen LogP contribution in [0, 0.1) is 6.92 Å². The number of benzene rings is 2. The molecule has 3 nitrogen and oxygen atoms in total. The lowest BCUT2D eigenvalue weighted by atomic mass is 9.74. The van der Waals surface area contributed by atoms with E-state index in [-0.39, 0.29) is 11.5 Å². The molecule has 0 spiro atoms. The minimum Gasteiger partial charge on any atom is -0.390 e. The lowest BCUT2D eigenvalue weighted by Gasteiger charge is -2.44. The summed E-state index contributed by atoms with van der Waals surface area (Å²) in [7, 11) is 0. The highest BCUT2D eigenvalue weighted by atomic mass is 16.3. The number of aliphatic hydroxyl groups is 1. The van der Waals surface area contributed by atoms with E-state index in [4.69, 9.17) is 0 Å². The van der Waals surface area contributed by atoms with Crippen LogP contribution in [0.5, 0.6) is 0 Å². The fourth-order valence-corrected chi connectivity index (χ4v) is 4.66. The van der Waals surface area contributed by atoms with Crippen molar-refractivity contribution in [1.82, 2.24) is 4.98 Å². The summed E-state index contributed by atoms with van der Waals surface area (Å²) < 4.78 is 0. The molecule has 26 heavy (non-hydrogen) atoms. The first-order chi connectivity index (χ1) is 12.3. The molecule has 1 aliphatic heterocycles. The zero-order chi connectivity index (χ0) is 18.6. The molecular weight excluding hydrogens is 320 g/mol. The molecule has 0 saturated heterocycles. The predicted molar refractivity (Wildman–Crippen MR) is 110 cm³/mol. The van der Waals surface area contributed by atoms with Gasteiger partial charge in [0, 0.05) is 23.4 Å². The molecule has 3 aromatic rings. The largest absolute Gasteiger partial charge is 0.390 e. The third kappa shape index (κ3) is 2.38. The maximum Gasteiger partial charge on any atom is 0.0830 e. The Balaban J connectivity index is 2.03. The van der Waals surface area contributed by atoms with Crippen LogP contribution in [0.1, 0.15) is 50.3 Å². The topological polar surface area (TPSA) is 48.0 Å². The number of rotatable bonds is 2. The predicted octanol–water partition coefficient (Wildman–Crippen LogP) is 5.37. The molecule has 136 valence electrons. The van der Waals surface area contributed by atoms with Crippen LogP contribution in [0.2, 0.25) is 0 Å². The van der Waals surface area contributed by atoms with Gasteiger partial charge in [-0.1, -0.05) is 32.0 Å². The van der Waals surface area contributed by atoms with Gasteiger partial charge in [-0.2, -0.15) is 0 Å². The Morgan fingerprint density at radius 2 is 1.92 bits per heavy atom. The number of hydrogen-bond acceptors (Lipinski definition) is 2. The highest BCUT2D eigenvalue weighted by Crippen LogP contribution is 2.46. The maximum atomic E-state index is 10.9. The smallest absolute Gasteiger partial charge is 0.0830 e. The Bertz CT molecular complexity index is 983. The molecule has 0 unspecified atom stereocenters. The van der Waals surface area contributed by atoms with Crippen LogP contribution in [0.25, 0.3) is 22.0 Å². The quantitative estimate of drug-likeness (QED) is 0.583. The van der Waals surface area contributed by atoms with Gasteiger partial charge in [0.25, 0.3) is 0 Å². The summed E-state index contributed by atoms with van der Waals surface area (Å²) in [5.41, 5.74) is 8.41. The Labute approximate surface area is 155 Å². The second-order valence-electron chi connectivity index (χ2n) is 8.19. The van der Waals surface area contributed by atoms with E-state index in [2.05, 4.69) is 75.3 Å². The monoisotopic (exact) mass is 348 g/mol. The minimum absolute atomic E-state index is 0.0951. The van der Waals surface area contributed by atoms with Crippen molar-refractivity contribution in [2.24, 2.45) is 0 Å². The lowest BCUT2D eigenvalue weighted by Crippen LogP contribution is -2.50. The van der Waals surface area contributed by atoms with Gasteiger partial charge >= 0.3 is 0 Å². The SMILES string of the molecule is CCc1c(-c2cccc3cc[nH]c23)cc(C)c2c1[C@H](C)[C@@H](O)C(C)(C)N2. The molecule has 0 fully saturated rings. The minimum atomic E-state index is -0.420. The van der Waals surface area contributed by atoms with Crippen LogP contribution in [0.15, 0.2) is 36.5 Å². The number of aromatic amines is 1. The first-order valence-electron chi connectivity index (χ1n) is 9.54. The van der Waals surface area contributed by atoms with Crippen LogP contribution in [0.3, 0.4) is 0 Å². The zero-order valence-electron chi connectivity index (χ0n) is 16.3. The molecule has 0 amide bonds. The molecule has 1 aliphatic rings. The highest BCUT2D eigenvalue weighted by Gasteiger charge is 2.40. The molecule has 2 heterocycles. The molecule has 2 atom stereocenters. The fraction of sp³-hybridized carbons (Fsp3) is 0.391. The summed E-state index contributed by atoms with van der Waals surface area (Å²) >= 11 is 0. The van der Waals surface area contributed by atoms with E-state index in [0.717, 1.165) is 6.42 Å². The zero-order valence-corrected chi connectivity index (χ0v) is 16.3. The Morgan fingerprint density at radius 1 is 1.15 bits per heavy atom. The van der Waals surface area contributed by atoms with Crippen molar-refractivity contribution in [2.75, 3.05) is 5.32 Å². The average molecular weight is 348 g/mol. The van der Waals surface area contributed by atoms with Gasteiger partial charge in [0.15, 0.2) is 0 Å². The van der Waals surface area contributed by atoms with Crippen molar-refractivity contribution in [3.63, 3.8) is 0 Å². The van der Waals surface area contributed by atoms with Crippen LogP contribution < -0.4 is 5.32 Å². The van der Waals surface area contributed by atoms with Gasteiger partial charge in [-0.15, -0.1) is 0 Å². The Morgan fingerprint density at radius 3 is 2.65 bits per heavy atom. The van der Waals surface area contributed by atoms with Gasteiger partial charge in [-0.25, -0.2) is 0 Å². The number of para-hydroxylation sites is 1. The normalized spacial score (nSPS) is 21.5. The van der Waals surface area contributed by atoms with Gasteiger partial charge in [0.05, 0.1) is 17.2 Å². The van der Waals surface area contributed by atoms with Crippen molar-refractivity contribution in [1.29, 1.82) is 0 Å². The summed E-state index contributed by atoms with van der Waals surface area (Å²) in [6.07, 6.45) is 2.52. The Hall–Kier alpha value is -2.26. The summed E-state index contributed by atoms with van der Waals surface area (Å²) in [5.74, 6) is 0.0951. The van der Waals surface area contributed by atoms with Crippen molar-refractivity contribution in [2.45, 2.75) is 58.6 Å². The van der Waals surface area contributed by atoms with Crippen molar-refractivity contribution in [3.8, 4) is 11.1 Å². The van der Waals surface area contributed by atoms with Crippen molar-refractivity contribution >= 4 is 16.6 Å². The number of aromatic nitrogens is 1. The van der Waals surface area contributed by atoms with E-state index in [1.807, 2.05) is 6.20 Å². The Kier molecular flexibility index (Phi) is 3.89.